The van der Waals surface area contributed by atoms with Crippen LogP contribution in [-0.4, -0.2) is 4.98 Å². The molecule has 0 atom stereocenters. The van der Waals surface area contributed by atoms with Crippen molar-refractivity contribution < 1.29 is 4.74 Å². The highest BCUT2D eigenvalue weighted by Gasteiger charge is 2.09. The van der Waals surface area contributed by atoms with Crippen molar-refractivity contribution in [2.24, 2.45) is 0 Å². The van der Waals surface area contributed by atoms with E-state index in [9.17, 15) is 0 Å². The van der Waals surface area contributed by atoms with E-state index >= 15 is 0 Å². The summed E-state index contributed by atoms with van der Waals surface area (Å²) in [5, 5.41) is 5.59. The van der Waals surface area contributed by atoms with Gasteiger partial charge >= 0.3 is 0 Å². The SMILES string of the molecule is Cc1ccc2nc(-c3ccc(NCc4cc(Br)ccc4OCc4ccc(Cl)c(Cl)c4)cc3)sc2c1. The largest absolute Gasteiger partial charge is 0.489 e. The minimum Gasteiger partial charge on any atom is -0.489 e. The Morgan fingerprint density at radius 2 is 1.74 bits per heavy atom. The lowest BCUT2D eigenvalue weighted by molar-refractivity contribution is 0.303. The second-order valence-corrected chi connectivity index (χ2v) is 11.0. The molecule has 176 valence electrons. The molecule has 4 aromatic carbocycles. The Balaban J connectivity index is 1.27. The van der Waals surface area contributed by atoms with Crippen molar-refractivity contribution >= 4 is 66.4 Å². The Morgan fingerprint density at radius 3 is 2.54 bits per heavy atom. The molecule has 0 aliphatic carbocycles. The third-order valence-corrected chi connectivity index (χ3v) is 7.86. The number of nitrogens with zero attached hydrogens (tertiary/aromatic N) is 1. The molecule has 1 N–H and O–H groups in total. The molecule has 5 aromatic rings. The number of hydrogen-bond acceptors (Lipinski definition) is 4. The Kier molecular flexibility index (Phi) is 7.30. The number of rotatable bonds is 7. The van der Waals surface area contributed by atoms with Crippen molar-refractivity contribution in [1.29, 1.82) is 0 Å². The van der Waals surface area contributed by atoms with Crippen LogP contribution in [-0.2, 0) is 13.2 Å². The van der Waals surface area contributed by atoms with Crippen LogP contribution in [0, 0.1) is 6.92 Å². The summed E-state index contributed by atoms with van der Waals surface area (Å²) in [5.74, 6) is 0.813. The minimum absolute atomic E-state index is 0.405. The van der Waals surface area contributed by atoms with E-state index in [2.05, 4.69) is 76.7 Å². The zero-order chi connectivity index (χ0) is 24.4. The fraction of sp³-hybridized carbons (Fsp3) is 0.107. The first-order valence-electron chi connectivity index (χ1n) is 11.0. The third kappa shape index (κ3) is 5.81. The van der Waals surface area contributed by atoms with E-state index in [1.165, 1.54) is 10.3 Å². The molecule has 0 aliphatic rings. The van der Waals surface area contributed by atoms with Gasteiger partial charge in [0.2, 0.25) is 0 Å². The smallest absolute Gasteiger partial charge is 0.124 e. The lowest BCUT2D eigenvalue weighted by Gasteiger charge is -2.14. The molecule has 0 unspecified atom stereocenters. The molecule has 0 saturated heterocycles. The van der Waals surface area contributed by atoms with Gasteiger partial charge in [-0.3, -0.25) is 0 Å². The highest BCUT2D eigenvalue weighted by Crippen LogP contribution is 2.32. The summed E-state index contributed by atoms with van der Waals surface area (Å²) in [7, 11) is 0. The van der Waals surface area contributed by atoms with Crippen LogP contribution in [0.15, 0.2) is 83.3 Å². The molecule has 1 aromatic heterocycles. The first-order valence-corrected chi connectivity index (χ1v) is 13.4. The van der Waals surface area contributed by atoms with Gasteiger partial charge < -0.3 is 10.1 Å². The summed E-state index contributed by atoms with van der Waals surface area (Å²) in [4.78, 5) is 4.79. The van der Waals surface area contributed by atoms with Crippen LogP contribution in [0.2, 0.25) is 10.0 Å². The standard InChI is InChI=1S/C28H21BrCl2N2OS/c1-17-2-10-25-27(12-17)35-28(33-25)19-4-7-22(8-5-19)32-15-20-14-21(29)6-11-26(20)34-16-18-3-9-23(30)24(31)13-18/h2-14,32H,15-16H2,1H3. The van der Waals surface area contributed by atoms with E-state index in [0.29, 0.717) is 23.2 Å². The Morgan fingerprint density at radius 1 is 0.914 bits per heavy atom. The topological polar surface area (TPSA) is 34.2 Å². The van der Waals surface area contributed by atoms with Crippen LogP contribution >= 0.6 is 50.5 Å². The van der Waals surface area contributed by atoms with E-state index in [-0.39, 0.29) is 0 Å². The summed E-state index contributed by atoms with van der Waals surface area (Å²) in [6, 6.07) is 26.3. The summed E-state index contributed by atoms with van der Waals surface area (Å²) in [5.41, 5.74) is 6.44. The Hall–Kier alpha value is -2.57. The molecule has 3 nitrogen and oxygen atoms in total. The van der Waals surface area contributed by atoms with Gasteiger partial charge in [-0.1, -0.05) is 51.3 Å². The zero-order valence-electron chi connectivity index (χ0n) is 18.8. The molecule has 0 bridgehead atoms. The van der Waals surface area contributed by atoms with Gasteiger partial charge in [0.1, 0.15) is 17.4 Å². The highest BCUT2D eigenvalue weighted by molar-refractivity contribution is 9.10. The van der Waals surface area contributed by atoms with Crippen LogP contribution in [0.5, 0.6) is 5.75 Å². The van der Waals surface area contributed by atoms with Crippen molar-refractivity contribution in [3.05, 3.63) is 110 Å². The summed E-state index contributed by atoms with van der Waals surface area (Å²) < 4.78 is 8.32. The van der Waals surface area contributed by atoms with Crippen molar-refractivity contribution in [2.75, 3.05) is 5.32 Å². The summed E-state index contributed by atoms with van der Waals surface area (Å²) >= 11 is 17.4. The molecule has 0 saturated carbocycles. The van der Waals surface area contributed by atoms with Crippen LogP contribution in [0.3, 0.4) is 0 Å². The molecule has 0 amide bonds. The lowest BCUT2D eigenvalue weighted by atomic mass is 10.1. The van der Waals surface area contributed by atoms with Crippen LogP contribution in [0.1, 0.15) is 16.7 Å². The van der Waals surface area contributed by atoms with Crippen molar-refractivity contribution in [1.82, 2.24) is 4.98 Å². The zero-order valence-corrected chi connectivity index (χ0v) is 22.7. The molecule has 5 rings (SSSR count). The second kappa shape index (κ2) is 10.6. The number of aryl methyl sites for hydroxylation is 1. The first-order chi connectivity index (χ1) is 16.9. The van der Waals surface area contributed by atoms with Crippen LogP contribution < -0.4 is 10.1 Å². The predicted octanol–water partition coefficient (Wildman–Crippen LogP) is 9.53. The van der Waals surface area contributed by atoms with E-state index in [1.54, 1.807) is 17.4 Å². The average Bonchev–Trinajstić information content (AvgIpc) is 3.28. The number of aromatic nitrogens is 1. The van der Waals surface area contributed by atoms with E-state index in [0.717, 1.165) is 43.1 Å². The van der Waals surface area contributed by atoms with Gasteiger partial charge in [-0.2, -0.15) is 0 Å². The van der Waals surface area contributed by atoms with Crippen molar-refractivity contribution in [3.8, 4) is 16.3 Å². The molecule has 7 heteroatoms. The number of hydrogen-bond donors (Lipinski definition) is 1. The Labute approximate surface area is 226 Å². The molecule has 0 spiro atoms. The fourth-order valence-corrected chi connectivity index (χ4v) is 5.50. The predicted molar refractivity (Wildman–Crippen MR) is 152 cm³/mol. The van der Waals surface area contributed by atoms with Gasteiger partial charge in [-0.25, -0.2) is 4.98 Å². The van der Waals surface area contributed by atoms with Gasteiger partial charge in [-0.05, 0) is 84.8 Å². The van der Waals surface area contributed by atoms with E-state index < -0.39 is 0 Å². The summed E-state index contributed by atoms with van der Waals surface area (Å²) in [6.45, 7) is 3.13. The molecular weight excluding hydrogens is 563 g/mol. The lowest BCUT2D eigenvalue weighted by Crippen LogP contribution is -2.04. The first kappa shape index (κ1) is 24.1. The maximum absolute atomic E-state index is 6.14. The van der Waals surface area contributed by atoms with Crippen LogP contribution in [0.25, 0.3) is 20.8 Å². The molecule has 0 fully saturated rings. The quantitative estimate of drug-likeness (QED) is 0.207. The number of nitrogens with one attached hydrogen (secondary N) is 1. The molecule has 35 heavy (non-hydrogen) atoms. The van der Waals surface area contributed by atoms with Gasteiger partial charge in [0.25, 0.3) is 0 Å². The van der Waals surface area contributed by atoms with Crippen molar-refractivity contribution in [3.63, 3.8) is 0 Å². The molecular formula is C28H21BrCl2N2OS. The van der Waals surface area contributed by atoms with E-state index in [1.807, 2.05) is 24.3 Å². The molecule has 1 heterocycles. The number of fused-ring (bicyclic) bond motifs is 1. The number of ether oxygens (including phenoxy) is 1. The second-order valence-electron chi connectivity index (χ2n) is 8.21. The number of anilines is 1. The average molecular weight is 584 g/mol. The van der Waals surface area contributed by atoms with Gasteiger partial charge in [-0.15, -0.1) is 11.3 Å². The van der Waals surface area contributed by atoms with Gasteiger partial charge in [0.05, 0.1) is 20.3 Å². The Bertz CT molecular complexity index is 1500. The fourth-order valence-electron chi connectivity index (χ4n) is 3.70. The van der Waals surface area contributed by atoms with Crippen LogP contribution in [0.4, 0.5) is 5.69 Å². The van der Waals surface area contributed by atoms with E-state index in [4.69, 9.17) is 32.9 Å². The normalized spacial score (nSPS) is 11.1. The van der Waals surface area contributed by atoms with Gasteiger partial charge in [0, 0.05) is 27.8 Å². The van der Waals surface area contributed by atoms with Gasteiger partial charge in [0.15, 0.2) is 0 Å². The summed E-state index contributed by atoms with van der Waals surface area (Å²) in [6.07, 6.45) is 0. The number of benzene rings is 4. The number of halogens is 3. The maximum atomic E-state index is 6.14. The number of thiazole rings is 1. The third-order valence-electron chi connectivity index (χ3n) is 5.56. The maximum Gasteiger partial charge on any atom is 0.124 e. The monoisotopic (exact) mass is 582 g/mol. The minimum atomic E-state index is 0.405. The molecule has 0 radical (unpaired) electrons. The van der Waals surface area contributed by atoms with Crippen molar-refractivity contribution in [2.45, 2.75) is 20.1 Å². The molecule has 0 aliphatic heterocycles. The highest BCUT2D eigenvalue weighted by atomic mass is 79.9.